The van der Waals surface area contributed by atoms with Crippen molar-refractivity contribution < 1.29 is 14.3 Å². The number of carbonyl (C=O) groups excluding carboxylic acids is 1. The predicted molar refractivity (Wildman–Crippen MR) is 101 cm³/mol. The van der Waals surface area contributed by atoms with Crippen molar-refractivity contribution in [1.82, 2.24) is 5.32 Å². The number of hydrogen-bond donors (Lipinski definition) is 1. The van der Waals surface area contributed by atoms with Gasteiger partial charge in [-0.05, 0) is 74.7 Å². The molecule has 134 valence electrons. The Hall–Kier alpha value is -2.20. The molecular formula is C20H24ClNO3. The van der Waals surface area contributed by atoms with Crippen LogP contribution in [0.25, 0.3) is 0 Å². The summed E-state index contributed by atoms with van der Waals surface area (Å²) in [6.45, 7) is 8.48. The summed E-state index contributed by atoms with van der Waals surface area (Å²) in [5.41, 5.74) is 3.22. The van der Waals surface area contributed by atoms with Gasteiger partial charge in [0.1, 0.15) is 18.1 Å². The lowest BCUT2D eigenvalue weighted by Gasteiger charge is -2.15. The normalized spacial score (nSPS) is 11.7. The molecule has 1 atom stereocenters. The van der Waals surface area contributed by atoms with Crippen LogP contribution < -0.4 is 14.8 Å². The Bertz CT molecular complexity index is 725. The third-order valence-corrected chi connectivity index (χ3v) is 4.10. The summed E-state index contributed by atoms with van der Waals surface area (Å²) in [5.74, 6) is 1.25. The zero-order valence-electron chi connectivity index (χ0n) is 15.1. The quantitative estimate of drug-likeness (QED) is 0.751. The summed E-state index contributed by atoms with van der Waals surface area (Å²) in [4.78, 5) is 12.1. The van der Waals surface area contributed by atoms with Gasteiger partial charge in [0.2, 0.25) is 0 Å². The molecule has 25 heavy (non-hydrogen) atoms. The lowest BCUT2D eigenvalue weighted by Crippen LogP contribution is -2.38. The highest BCUT2D eigenvalue weighted by Gasteiger charge is 2.14. The number of carbonyl (C=O) groups is 1. The van der Waals surface area contributed by atoms with Crippen molar-refractivity contribution in [2.24, 2.45) is 0 Å². The molecule has 0 aromatic heterocycles. The molecule has 0 saturated carbocycles. The van der Waals surface area contributed by atoms with Crippen LogP contribution in [0.15, 0.2) is 36.4 Å². The Morgan fingerprint density at radius 2 is 1.76 bits per heavy atom. The summed E-state index contributed by atoms with van der Waals surface area (Å²) in [6, 6.07) is 11.4. The second kappa shape index (κ2) is 8.77. The molecule has 0 radical (unpaired) electrons. The maximum absolute atomic E-state index is 12.1. The first-order valence-electron chi connectivity index (χ1n) is 8.27. The van der Waals surface area contributed by atoms with Gasteiger partial charge in [0.25, 0.3) is 5.91 Å². The van der Waals surface area contributed by atoms with E-state index in [1.807, 2.05) is 39.0 Å². The van der Waals surface area contributed by atoms with Gasteiger partial charge < -0.3 is 14.8 Å². The molecule has 5 heteroatoms. The maximum atomic E-state index is 12.1. The number of nitrogens with one attached hydrogen (secondary N) is 1. The van der Waals surface area contributed by atoms with Gasteiger partial charge in [0.15, 0.2) is 6.10 Å². The number of benzene rings is 2. The smallest absolute Gasteiger partial charge is 0.260 e. The van der Waals surface area contributed by atoms with E-state index in [9.17, 15) is 4.79 Å². The molecule has 0 saturated heterocycles. The molecule has 1 N–H and O–H groups in total. The minimum atomic E-state index is -0.596. The first-order chi connectivity index (χ1) is 11.8. The molecule has 0 heterocycles. The van der Waals surface area contributed by atoms with Crippen LogP contribution in [0.1, 0.15) is 23.6 Å². The second-order valence-corrected chi connectivity index (χ2v) is 6.54. The van der Waals surface area contributed by atoms with Crippen LogP contribution in [0, 0.1) is 20.8 Å². The highest BCUT2D eigenvalue weighted by atomic mass is 35.5. The lowest BCUT2D eigenvalue weighted by molar-refractivity contribution is -0.127. The molecule has 4 nitrogen and oxygen atoms in total. The van der Waals surface area contributed by atoms with Crippen LogP contribution >= 0.6 is 11.6 Å². The summed E-state index contributed by atoms with van der Waals surface area (Å²) >= 11 is 5.99. The standard InChI is InChI=1S/C20H24ClNO3/c1-13-9-14(2)11-18(10-13)24-8-7-22-20(23)16(4)25-17-5-6-19(21)15(3)12-17/h5-6,9-12,16H,7-8H2,1-4H3,(H,22,23)/t16-/m1/s1. The third-order valence-electron chi connectivity index (χ3n) is 3.68. The van der Waals surface area contributed by atoms with Crippen molar-refractivity contribution in [3.8, 4) is 11.5 Å². The maximum Gasteiger partial charge on any atom is 0.260 e. The Labute approximate surface area is 154 Å². The van der Waals surface area contributed by atoms with Crippen LogP contribution in [0.4, 0.5) is 0 Å². The Morgan fingerprint density at radius 1 is 1.08 bits per heavy atom. The Balaban J connectivity index is 1.76. The van der Waals surface area contributed by atoms with Crippen molar-refractivity contribution in [3.05, 3.63) is 58.1 Å². The van der Waals surface area contributed by atoms with Crippen LogP contribution in [-0.4, -0.2) is 25.2 Å². The van der Waals surface area contributed by atoms with E-state index >= 15 is 0 Å². The molecule has 0 bridgehead atoms. The van der Waals surface area contributed by atoms with Crippen molar-refractivity contribution in [3.63, 3.8) is 0 Å². The van der Waals surface area contributed by atoms with E-state index in [-0.39, 0.29) is 5.91 Å². The zero-order valence-corrected chi connectivity index (χ0v) is 15.8. The largest absolute Gasteiger partial charge is 0.492 e. The lowest BCUT2D eigenvalue weighted by atomic mass is 10.1. The predicted octanol–water partition coefficient (Wildman–Crippen LogP) is 4.23. The minimum Gasteiger partial charge on any atom is -0.492 e. The van der Waals surface area contributed by atoms with Crippen molar-refractivity contribution in [2.45, 2.75) is 33.8 Å². The van der Waals surface area contributed by atoms with Crippen molar-refractivity contribution >= 4 is 17.5 Å². The number of halogens is 1. The average Bonchev–Trinajstić information content (AvgIpc) is 2.54. The fourth-order valence-electron chi connectivity index (χ4n) is 2.45. The van der Waals surface area contributed by atoms with Crippen molar-refractivity contribution in [2.75, 3.05) is 13.2 Å². The monoisotopic (exact) mass is 361 g/mol. The first-order valence-corrected chi connectivity index (χ1v) is 8.64. The molecule has 2 aromatic rings. The van der Waals surface area contributed by atoms with E-state index in [0.717, 1.165) is 22.4 Å². The van der Waals surface area contributed by atoms with E-state index < -0.39 is 6.10 Å². The molecule has 2 rings (SSSR count). The number of amides is 1. The Morgan fingerprint density at radius 3 is 2.40 bits per heavy atom. The molecule has 0 fully saturated rings. The van der Waals surface area contributed by atoms with Crippen LogP contribution in [0.2, 0.25) is 5.02 Å². The number of rotatable bonds is 7. The minimum absolute atomic E-state index is 0.184. The number of hydrogen-bond acceptors (Lipinski definition) is 3. The van der Waals surface area contributed by atoms with Gasteiger partial charge in [-0.3, -0.25) is 4.79 Å². The Kier molecular flexibility index (Phi) is 6.71. The summed E-state index contributed by atoms with van der Waals surface area (Å²) in [5, 5.41) is 3.49. The molecular weight excluding hydrogens is 338 g/mol. The second-order valence-electron chi connectivity index (χ2n) is 6.13. The molecule has 0 aliphatic carbocycles. The summed E-state index contributed by atoms with van der Waals surface area (Å²) in [6.07, 6.45) is -0.596. The van der Waals surface area contributed by atoms with Gasteiger partial charge in [-0.15, -0.1) is 0 Å². The molecule has 2 aromatic carbocycles. The molecule has 0 unspecified atom stereocenters. The third kappa shape index (κ3) is 5.98. The average molecular weight is 362 g/mol. The van der Waals surface area contributed by atoms with E-state index in [1.54, 1.807) is 19.1 Å². The van der Waals surface area contributed by atoms with Gasteiger partial charge >= 0.3 is 0 Å². The highest BCUT2D eigenvalue weighted by Crippen LogP contribution is 2.22. The van der Waals surface area contributed by atoms with Gasteiger partial charge in [0, 0.05) is 5.02 Å². The SMILES string of the molecule is Cc1cc(C)cc(OCCNC(=O)[C@@H](C)Oc2ccc(Cl)c(C)c2)c1. The number of ether oxygens (including phenoxy) is 2. The molecule has 1 amide bonds. The van der Waals surface area contributed by atoms with Crippen LogP contribution in [0.3, 0.4) is 0 Å². The van der Waals surface area contributed by atoms with Crippen molar-refractivity contribution in [1.29, 1.82) is 0 Å². The molecule has 0 aliphatic rings. The van der Waals surface area contributed by atoms with Crippen LogP contribution in [-0.2, 0) is 4.79 Å². The first kappa shape index (κ1) is 19.1. The van der Waals surface area contributed by atoms with Gasteiger partial charge in [-0.1, -0.05) is 17.7 Å². The van der Waals surface area contributed by atoms with E-state index in [4.69, 9.17) is 21.1 Å². The summed E-state index contributed by atoms with van der Waals surface area (Å²) in [7, 11) is 0. The zero-order chi connectivity index (χ0) is 18.4. The molecule has 0 spiro atoms. The van der Waals surface area contributed by atoms with Crippen LogP contribution in [0.5, 0.6) is 11.5 Å². The van der Waals surface area contributed by atoms with E-state index in [0.29, 0.717) is 23.9 Å². The van der Waals surface area contributed by atoms with Gasteiger partial charge in [-0.2, -0.15) is 0 Å². The number of aryl methyl sites for hydroxylation is 3. The highest BCUT2D eigenvalue weighted by molar-refractivity contribution is 6.31. The molecule has 0 aliphatic heterocycles. The fourth-order valence-corrected chi connectivity index (χ4v) is 2.57. The van der Waals surface area contributed by atoms with E-state index in [1.165, 1.54) is 0 Å². The topological polar surface area (TPSA) is 47.6 Å². The van der Waals surface area contributed by atoms with Gasteiger partial charge in [-0.25, -0.2) is 0 Å². The van der Waals surface area contributed by atoms with Gasteiger partial charge in [0.05, 0.1) is 6.54 Å². The summed E-state index contributed by atoms with van der Waals surface area (Å²) < 4.78 is 11.3. The van der Waals surface area contributed by atoms with E-state index in [2.05, 4.69) is 11.4 Å². The fraction of sp³-hybridized carbons (Fsp3) is 0.350.